The highest BCUT2D eigenvalue weighted by Crippen LogP contribution is 2.22. The van der Waals surface area contributed by atoms with Gasteiger partial charge in [-0.3, -0.25) is 0 Å². The molecular formula is C15H13ClO. The summed E-state index contributed by atoms with van der Waals surface area (Å²) in [6.07, 6.45) is 3.99. The highest BCUT2D eigenvalue weighted by molar-refractivity contribution is 6.32. The van der Waals surface area contributed by atoms with Gasteiger partial charge in [0.05, 0.1) is 7.11 Å². The van der Waals surface area contributed by atoms with Gasteiger partial charge in [-0.2, -0.15) is 0 Å². The number of methoxy groups -OCH3 is 1. The first-order valence-electron chi connectivity index (χ1n) is 5.37. The molecule has 2 rings (SSSR count). The van der Waals surface area contributed by atoms with Crippen LogP contribution in [-0.4, -0.2) is 7.11 Å². The van der Waals surface area contributed by atoms with Gasteiger partial charge < -0.3 is 4.74 Å². The number of halogens is 1. The first-order valence-corrected chi connectivity index (χ1v) is 5.74. The molecule has 0 aromatic heterocycles. The van der Waals surface area contributed by atoms with Crippen molar-refractivity contribution in [2.45, 2.75) is 0 Å². The zero-order valence-electron chi connectivity index (χ0n) is 9.56. The van der Waals surface area contributed by atoms with Gasteiger partial charge in [0.1, 0.15) is 5.75 Å². The number of para-hydroxylation sites is 1. The van der Waals surface area contributed by atoms with Crippen molar-refractivity contribution in [2.75, 3.05) is 7.11 Å². The molecular weight excluding hydrogens is 232 g/mol. The molecule has 0 aliphatic rings. The molecule has 0 bridgehead atoms. The lowest BCUT2D eigenvalue weighted by Gasteiger charge is -2.03. The Morgan fingerprint density at radius 2 is 1.47 bits per heavy atom. The molecule has 2 aromatic carbocycles. The van der Waals surface area contributed by atoms with Crippen molar-refractivity contribution in [1.82, 2.24) is 0 Å². The average molecular weight is 245 g/mol. The molecule has 0 spiro atoms. The van der Waals surface area contributed by atoms with Crippen LogP contribution in [-0.2, 0) is 0 Å². The van der Waals surface area contributed by atoms with Gasteiger partial charge in [0, 0.05) is 10.6 Å². The van der Waals surface area contributed by atoms with E-state index >= 15 is 0 Å². The third-order valence-corrected chi connectivity index (χ3v) is 2.83. The lowest BCUT2D eigenvalue weighted by molar-refractivity contribution is 0.414. The van der Waals surface area contributed by atoms with Gasteiger partial charge in [-0.05, 0) is 17.7 Å². The zero-order valence-corrected chi connectivity index (χ0v) is 10.3. The summed E-state index contributed by atoms with van der Waals surface area (Å²) in [5.41, 5.74) is 2.04. The fraction of sp³-hybridized carbons (Fsp3) is 0.0667. The molecule has 0 heterocycles. The maximum absolute atomic E-state index is 6.08. The van der Waals surface area contributed by atoms with E-state index in [0.717, 1.165) is 21.9 Å². The van der Waals surface area contributed by atoms with E-state index in [-0.39, 0.29) is 0 Å². The van der Waals surface area contributed by atoms with Crippen LogP contribution in [0.4, 0.5) is 0 Å². The van der Waals surface area contributed by atoms with E-state index in [2.05, 4.69) is 0 Å². The smallest absolute Gasteiger partial charge is 0.126 e. The van der Waals surface area contributed by atoms with E-state index in [1.807, 2.05) is 60.7 Å². The van der Waals surface area contributed by atoms with Crippen LogP contribution >= 0.6 is 11.6 Å². The first kappa shape index (κ1) is 11.7. The van der Waals surface area contributed by atoms with Crippen molar-refractivity contribution in [3.8, 4) is 5.75 Å². The summed E-state index contributed by atoms with van der Waals surface area (Å²) >= 11 is 6.08. The summed E-state index contributed by atoms with van der Waals surface area (Å²) in [6.45, 7) is 0. The molecule has 0 radical (unpaired) electrons. The van der Waals surface area contributed by atoms with Crippen LogP contribution in [0.5, 0.6) is 5.75 Å². The molecule has 0 atom stereocenters. The minimum atomic E-state index is 0.749. The van der Waals surface area contributed by atoms with Crippen molar-refractivity contribution in [2.24, 2.45) is 0 Å². The Balaban J connectivity index is 2.29. The van der Waals surface area contributed by atoms with Crippen LogP contribution in [0, 0.1) is 0 Å². The Hall–Kier alpha value is -1.73. The largest absolute Gasteiger partial charge is 0.496 e. The molecule has 2 aromatic rings. The van der Waals surface area contributed by atoms with Crippen LogP contribution < -0.4 is 4.74 Å². The van der Waals surface area contributed by atoms with Crippen molar-refractivity contribution >= 4 is 23.8 Å². The highest BCUT2D eigenvalue weighted by atomic mass is 35.5. The molecule has 0 aliphatic carbocycles. The molecule has 0 N–H and O–H groups in total. The third kappa shape index (κ3) is 2.89. The lowest BCUT2D eigenvalue weighted by atomic mass is 10.1. The molecule has 0 fully saturated rings. The minimum Gasteiger partial charge on any atom is -0.496 e. The summed E-state index contributed by atoms with van der Waals surface area (Å²) < 4.78 is 5.28. The van der Waals surface area contributed by atoms with Gasteiger partial charge in [0.15, 0.2) is 0 Å². The van der Waals surface area contributed by atoms with Crippen LogP contribution in [0.25, 0.3) is 12.2 Å². The minimum absolute atomic E-state index is 0.749. The zero-order chi connectivity index (χ0) is 12.1. The van der Waals surface area contributed by atoms with Gasteiger partial charge in [-0.25, -0.2) is 0 Å². The highest BCUT2D eigenvalue weighted by Gasteiger charge is 1.98. The average Bonchev–Trinajstić information content (AvgIpc) is 2.38. The molecule has 1 nitrogen and oxygen atoms in total. The second-order valence-corrected chi connectivity index (χ2v) is 4.00. The second kappa shape index (κ2) is 5.55. The first-order chi connectivity index (χ1) is 8.31. The Morgan fingerprint density at radius 1 is 0.882 bits per heavy atom. The van der Waals surface area contributed by atoms with Gasteiger partial charge in [0.2, 0.25) is 0 Å². The molecule has 2 heteroatoms. The third-order valence-electron chi connectivity index (χ3n) is 2.49. The monoisotopic (exact) mass is 244 g/mol. The Labute approximate surface area is 106 Å². The normalized spacial score (nSPS) is 10.7. The molecule has 0 saturated carbocycles. The van der Waals surface area contributed by atoms with E-state index < -0.39 is 0 Å². The van der Waals surface area contributed by atoms with Gasteiger partial charge >= 0.3 is 0 Å². The number of hydrogen-bond acceptors (Lipinski definition) is 1. The molecule has 0 aliphatic heterocycles. The van der Waals surface area contributed by atoms with E-state index in [1.54, 1.807) is 7.11 Å². The van der Waals surface area contributed by atoms with Crippen LogP contribution in [0.3, 0.4) is 0 Å². The summed E-state index contributed by atoms with van der Waals surface area (Å²) in [5, 5.41) is 0.749. The number of hydrogen-bond donors (Lipinski definition) is 0. The van der Waals surface area contributed by atoms with Crippen LogP contribution in [0.1, 0.15) is 11.1 Å². The standard InChI is InChI=1S/C15H13ClO/c1-17-15-9-5-3-7-13(15)11-10-12-6-2-4-8-14(12)16/h2-11H,1H3. The van der Waals surface area contributed by atoms with Crippen LogP contribution in [0.2, 0.25) is 5.02 Å². The SMILES string of the molecule is COc1ccccc1C=Cc1ccccc1Cl. The number of ether oxygens (including phenoxy) is 1. The fourth-order valence-corrected chi connectivity index (χ4v) is 1.79. The molecule has 0 saturated heterocycles. The van der Waals surface area contributed by atoms with Crippen molar-refractivity contribution in [3.63, 3.8) is 0 Å². The second-order valence-electron chi connectivity index (χ2n) is 3.60. The summed E-state index contributed by atoms with van der Waals surface area (Å²) in [6, 6.07) is 15.6. The maximum Gasteiger partial charge on any atom is 0.126 e. The van der Waals surface area contributed by atoms with Gasteiger partial charge in [0.25, 0.3) is 0 Å². The van der Waals surface area contributed by atoms with E-state index in [0.29, 0.717) is 0 Å². The predicted molar refractivity (Wildman–Crippen MR) is 73.4 cm³/mol. The maximum atomic E-state index is 6.08. The number of benzene rings is 2. The quantitative estimate of drug-likeness (QED) is 0.722. The van der Waals surface area contributed by atoms with Crippen molar-refractivity contribution < 1.29 is 4.74 Å². The Kier molecular flexibility index (Phi) is 3.84. The van der Waals surface area contributed by atoms with E-state index in [4.69, 9.17) is 16.3 Å². The lowest BCUT2D eigenvalue weighted by Crippen LogP contribution is -1.85. The van der Waals surface area contributed by atoms with Crippen molar-refractivity contribution in [1.29, 1.82) is 0 Å². The predicted octanol–water partition coefficient (Wildman–Crippen LogP) is 4.52. The molecule has 17 heavy (non-hydrogen) atoms. The van der Waals surface area contributed by atoms with Crippen LogP contribution in [0.15, 0.2) is 48.5 Å². The van der Waals surface area contributed by atoms with E-state index in [1.165, 1.54) is 0 Å². The summed E-state index contributed by atoms with van der Waals surface area (Å²) in [5.74, 6) is 0.857. The molecule has 0 unspecified atom stereocenters. The molecule has 86 valence electrons. The van der Waals surface area contributed by atoms with Crippen molar-refractivity contribution in [3.05, 3.63) is 64.7 Å². The Morgan fingerprint density at radius 3 is 2.18 bits per heavy atom. The van der Waals surface area contributed by atoms with E-state index in [9.17, 15) is 0 Å². The topological polar surface area (TPSA) is 9.23 Å². The van der Waals surface area contributed by atoms with Gasteiger partial charge in [-0.15, -0.1) is 0 Å². The summed E-state index contributed by atoms with van der Waals surface area (Å²) in [7, 11) is 1.67. The summed E-state index contributed by atoms with van der Waals surface area (Å²) in [4.78, 5) is 0. The van der Waals surface area contributed by atoms with Gasteiger partial charge in [-0.1, -0.05) is 60.2 Å². The number of rotatable bonds is 3. The molecule has 0 amide bonds. The fourth-order valence-electron chi connectivity index (χ4n) is 1.59. The Bertz CT molecular complexity index is 532.